The van der Waals surface area contributed by atoms with E-state index in [1.54, 1.807) is 0 Å². The molecule has 6 aromatic carbocycles. The molecule has 3 heterocycles. The Bertz CT molecular complexity index is 3010. The van der Waals surface area contributed by atoms with Crippen LogP contribution in [0, 0.1) is 5.92 Å². The Morgan fingerprint density at radius 3 is 2.39 bits per heavy atom. The summed E-state index contributed by atoms with van der Waals surface area (Å²) in [7, 11) is 0. The quantitative estimate of drug-likeness (QED) is 0.178. The SMILES string of the molecule is CCCCc1ccc2oc3c(-c4cc(C5=NC(C6=CC7C=CC=CC7c7ccccc76)=NC(c6ccccc6)N5)c5c(c4)oc4ccccc45)cccc3c2c1. The summed E-state index contributed by atoms with van der Waals surface area (Å²) in [4.78, 5) is 10.8. The summed E-state index contributed by atoms with van der Waals surface area (Å²) in [6.07, 6.45) is 14.3. The van der Waals surface area contributed by atoms with Gasteiger partial charge < -0.3 is 14.2 Å². The minimum Gasteiger partial charge on any atom is -0.456 e. The molecule has 0 amide bonds. The third-order valence-corrected chi connectivity index (χ3v) is 11.7. The Balaban J connectivity index is 1.13. The van der Waals surface area contributed by atoms with Crippen LogP contribution in [0.15, 0.2) is 177 Å². The van der Waals surface area contributed by atoms with Crippen LogP contribution in [0.25, 0.3) is 60.6 Å². The summed E-state index contributed by atoms with van der Waals surface area (Å²) < 4.78 is 13.3. The highest BCUT2D eigenvalue weighted by Gasteiger charge is 2.32. The molecule has 0 saturated heterocycles. The number of amidine groups is 2. The molecule has 5 nitrogen and oxygen atoms in total. The fourth-order valence-corrected chi connectivity index (χ4v) is 8.92. The molecule has 0 bridgehead atoms. The smallest absolute Gasteiger partial charge is 0.159 e. The standard InChI is InChI=1S/C51H39N3O2/c1-2-3-14-31-25-26-45-41(27-31)39-23-13-22-36(48(39)56-45)34-29-43(47-40-21-11-12-24-44(40)55-46(47)30-34)51-53-49(32-15-5-4-6-16-32)52-50(54-51)42-28-33-17-7-8-18-35(33)37-19-9-10-20-38(37)42/h4-13,15-30,33,35,49H,2-3,14H2,1H3,(H,52,53,54). The van der Waals surface area contributed by atoms with E-state index in [2.05, 4.69) is 152 Å². The van der Waals surface area contributed by atoms with Gasteiger partial charge in [0.15, 0.2) is 5.84 Å². The van der Waals surface area contributed by atoms with Gasteiger partial charge in [0.2, 0.25) is 0 Å². The molecule has 1 aliphatic heterocycles. The van der Waals surface area contributed by atoms with Crippen molar-refractivity contribution in [3.63, 3.8) is 0 Å². The first-order valence-corrected chi connectivity index (χ1v) is 19.7. The molecule has 2 aromatic heterocycles. The third kappa shape index (κ3) is 5.37. The monoisotopic (exact) mass is 725 g/mol. The number of allylic oxidation sites excluding steroid dienone is 5. The number of rotatable bonds is 7. The zero-order valence-electron chi connectivity index (χ0n) is 31.1. The topological polar surface area (TPSA) is 63.0 Å². The second-order valence-electron chi connectivity index (χ2n) is 15.1. The van der Waals surface area contributed by atoms with Crippen LogP contribution in [0.2, 0.25) is 0 Å². The van der Waals surface area contributed by atoms with E-state index in [1.807, 2.05) is 18.2 Å². The average Bonchev–Trinajstić information content (AvgIpc) is 3.83. The summed E-state index contributed by atoms with van der Waals surface area (Å²) in [5, 5.41) is 8.10. The Labute approximate surface area is 325 Å². The Morgan fingerprint density at radius 1 is 0.661 bits per heavy atom. The molecule has 11 rings (SSSR count). The van der Waals surface area contributed by atoms with Crippen molar-refractivity contribution < 1.29 is 8.83 Å². The van der Waals surface area contributed by atoms with Gasteiger partial charge in [0.05, 0.1) is 0 Å². The molecule has 3 aliphatic rings. The summed E-state index contributed by atoms with van der Waals surface area (Å²) in [5.74, 6) is 1.97. The number of hydrogen-bond donors (Lipinski definition) is 1. The first-order valence-electron chi connectivity index (χ1n) is 19.7. The molecule has 2 aliphatic carbocycles. The Kier molecular flexibility index (Phi) is 7.73. The largest absolute Gasteiger partial charge is 0.456 e. The lowest BCUT2D eigenvalue weighted by atomic mass is 9.74. The molecule has 0 spiro atoms. The number of unbranched alkanes of at least 4 members (excludes halogenated alkanes) is 1. The van der Waals surface area contributed by atoms with Crippen molar-refractivity contribution in [1.29, 1.82) is 0 Å². The van der Waals surface area contributed by atoms with Gasteiger partial charge in [-0.3, -0.25) is 0 Å². The number of fused-ring (bicyclic) bond motifs is 9. The van der Waals surface area contributed by atoms with Crippen LogP contribution in [0.3, 0.4) is 0 Å². The maximum Gasteiger partial charge on any atom is 0.159 e. The van der Waals surface area contributed by atoms with E-state index >= 15 is 0 Å². The third-order valence-electron chi connectivity index (χ3n) is 11.7. The van der Waals surface area contributed by atoms with Crippen LogP contribution in [-0.2, 0) is 6.42 Å². The van der Waals surface area contributed by atoms with E-state index in [1.165, 1.54) is 29.5 Å². The van der Waals surface area contributed by atoms with Crippen molar-refractivity contribution in [1.82, 2.24) is 5.32 Å². The van der Waals surface area contributed by atoms with E-state index in [9.17, 15) is 0 Å². The van der Waals surface area contributed by atoms with E-state index < -0.39 is 0 Å². The van der Waals surface area contributed by atoms with Crippen LogP contribution in [-0.4, -0.2) is 11.7 Å². The van der Waals surface area contributed by atoms with Crippen LogP contribution >= 0.6 is 0 Å². The first-order chi connectivity index (χ1) is 27.7. The van der Waals surface area contributed by atoms with Crippen LogP contribution in [0.5, 0.6) is 0 Å². The highest BCUT2D eigenvalue weighted by atomic mass is 16.3. The Hall–Kier alpha value is -6.72. The second kappa shape index (κ2) is 13.2. The lowest BCUT2D eigenvalue weighted by Gasteiger charge is -2.32. The van der Waals surface area contributed by atoms with Crippen molar-refractivity contribution in [2.75, 3.05) is 0 Å². The second-order valence-corrected chi connectivity index (χ2v) is 15.1. The predicted octanol–water partition coefficient (Wildman–Crippen LogP) is 12.9. The van der Waals surface area contributed by atoms with Gasteiger partial charge in [-0.05, 0) is 71.0 Å². The van der Waals surface area contributed by atoms with Gasteiger partial charge in [0.1, 0.15) is 34.3 Å². The molecule has 270 valence electrons. The summed E-state index contributed by atoms with van der Waals surface area (Å²) in [5.41, 5.74) is 12.3. The maximum atomic E-state index is 6.69. The summed E-state index contributed by atoms with van der Waals surface area (Å²) >= 11 is 0. The van der Waals surface area contributed by atoms with Crippen LogP contribution in [0.1, 0.15) is 59.7 Å². The van der Waals surface area contributed by atoms with Crippen molar-refractivity contribution >= 4 is 61.1 Å². The van der Waals surface area contributed by atoms with Crippen molar-refractivity contribution in [3.05, 3.63) is 186 Å². The van der Waals surface area contributed by atoms with Crippen molar-refractivity contribution in [2.45, 2.75) is 38.3 Å². The number of aryl methyl sites for hydroxylation is 1. The van der Waals surface area contributed by atoms with Gasteiger partial charge in [-0.1, -0.05) is 141 Å². The Morgan fingerprint density at radius 2 is 1.46 bits per heavy atom. The fourth-order valence-electron chi connectivity index (χ4n) is 8.92. The van der Waals surface area contributed by atoms with E-state index in [0.717, 1.165) is 84.0 Å². The number of nitrogens with zero attached hydrogens (tertiary/aromatic N) is 2. The average molecular weight is 726 g/mol. The fraction of sp³-hybridized carbons (Fsp3) is 0.137. The van der Waals surface area contributed by atoms with Gasteiger partial charge in [-0.25, -0.2) is 9.98 Å². The summed E-state index contributed by atoms with van der Waals surface area (Å²) in [6.45, 7) is 2.24. The minimum absolute atomic E-state index is 0.219. The van der Waals surface area contributed by atoms with E-state index in [-0.39, 0.29) is 18.0 Å². The molecular weight excluding hydrogens is 687 g/mol. The number of furan rings is 2. The number of nitrogens with one attached hydrogen (secondary N) is 1. The molecule has 0 saturated carbocycles. The molecule has 0 fully saturated rings. The van der Waals surface area contributed by atoms with E-state index in [4.69, 9.17) is 18.8 Å². The van der Waals surface area contributed by atoms with E-state index in [0.29, 0.717) is 5.84 Å². The number of hydrogen-bond acceptors (Lipinski definition) is 5. The summed E-state index contributed by atoms with van der Waals surface area (Å²) in [6, 6.07) is 44.9. The molecule has 1 N–H and O–H groups in total. The van der Waals surface area contributed by atoms with Crippen LogP contribution in [0.4, 0.5) is 0 Å². The molecule has 3 atom stereocenters. The molecule has 5 heteroatoms. The molecule has 56 heavy (non-hydrogen) atoms. The van der Waals surface area contributed by atoms with Crippen LogP contribution < -0.4 is 5.32 Å². The predicted molar refractivity (Wildman–Crippen MR) is 230 cm³/mol. The molecular formula is C51H39N3O2. The highest BCUT2D eigenvalue weighted by Crippen LogP contribution is 2.44. The zero-order chi connectivity index (χ0) is 37.2. The minimum atomic E-state index is -0.358. The normalized spacial score (nSPS) is 18.8. The lowest BCUT2D eigenvalue weighted by molar-refractivity contribution is 0.667. The number of aliphatic imine (C=N–C) groups is 2. The molecule has 3 unspecified atom stereocenters. The number of para-hydroxylation sites is 2. The van der Waals surface area contributed by atoms with Gasteiger partial charge in [0.25, 0.3) is 0 Å². The zero-order valence-corrected chi connectivity index (χ0v) is 31.1. The first kappa shape index (κ1) is 32.7. The highest BCUT2D eigenvalue weighted by molar-refractivity contribution is 6.30. The van der Waals surface area contributed by atoms with Crippen molar-refractivity contribution in [3.8, 4) is 11.1 Å². The lowest BCUT2D eigenvalue weighted by Crippen LogP contribution is -2.34. The van der Waals surface area contributed by atoms with Gasteiger partial charge >= 0.3 is 0 Å². The van der Waals surface area contributed by atoms with Gasteiger partial charge in [-0.15, -0.1) is 0 Å². The number of benzene rings is 6. The molecule has 0 radical (unpaired) electrons. The van der Waals surface area contributed by atoms with Gasteiger partial charge in [-0.2, -0.15) is 0 Å². The molecule has 8 aromatic rings. The van der Waals surface area contributed by atoms with Gasteiger partial charge in [0, 0.05) is 50.1 Å². The van der Waals surface area contributed by atoms with Crippen molar-refractivity contribution in [2.24, 2.45) is 15.9 Å². The maximum absolute atomic E-state index is 6.69.